The highest BCUT2D eigenvalue weighted by atomic mass is 16.2. The second kappa shape index (κ2) is 4.68. The van der Waals surface area contributed by atoms with E-state index in [4.69, 9.17) is 0 Å². The summed E-state index contributed by atoms with van der Waals surface area (Å²) in [6, 6.07) is 3.48. The van der Waals surface area contributed by atoms with Crippen LogP contribution in [-0.2, 0) is 13.1 Å². The third-order valence-corrected chi connectivity index (χ3v) is 3.19. The Balaban J connectivity index is 1.81. The molecule has 0 atom stereocenters. The summed E-state index contributed by atoms with van der Waals surface area (Å²) < 4.78 is 1.97. The molecule has 2 aromatic rings. The number of amides is 1. The van der Waals surface area contributed by atoms with E-state index in [1.54, 1.807) is 36.6 Å². The van der Waals surface area contributed by atoms with Gasteiger partial charge in [0.1, 0.15) is 12.1 Å². The topological polar surface area (TPSA) is 75.9 Å². The summed E-state index contributed by atoms with van der Waals surface area (Å²) in [6.45, 7) is 1.90. The second-order valence-electron chi connectivity index (χ2n) is 4.35. The van der Waals surface area contributed by atoms with Gasteiger partial charge in [-0.3, -0.25) is 4.79 Å². The maximum atomic E-state index is 12.4. The molecular formula is C12H14N6O. The SMILES string of the molecule is CNc1cc(C(=O)N2CCn3cnnc3C2)ccn1. The molecule has 0 fully saturated rings. The van der Waals surface area contributed by atoms with Crippen molar-refractivity contribution in [1.82, 2.24) is 24.6 Å². The van der Waals surface area contributed by atoms with E-state index in [0.29, 0.717) is 24.5 Å². The van der Waals surface area contributed by atoms with Crippen molar-refractivity contribution in [3.63, 3.8) is 0 Å². The van der Waals surface area contributed by atoms with Crippen LogP contribution in [0.3, 0.4) is 0 Å². The molecule has 0 unspecified atom stereocenters. The van der Waals surface area contributed by atoms with Crippen molar-refractivity contribution in [1.29, 1.82) is 0 Å². The van der Waals surface area contributed by atoms with E-state index >= 15 is 0 Å². The van der Waals surface area contributed by atoms with Crippen molar-refractivity contribution in [2.24, 2.45) is 0 Å². The number of hydrogen-bond donors (Lipinski definition) is 1. The largest absolute Gasteiger partial charge is 0.373 e. The van der Waals surface area contributed by atoms with Crippen LogP contribution in [0.15, 0.2) is 24.7 Å². The van der Waals surface area contributed by atoms with Gasteiger partial charge in [0.2, 0.25) is 0 Å². The van der Waals surface area contributed by atoms with Crippen molar-refractivity contribution in [3.05, 3.63) is 36.0 Å². The molecule has 2 aromatic heterocycles. The van der Waals surface area contributed by atoms with Crippen LogP contribution in [0, 0.1) is 0 Å². The van der Waals surface area contributed by atoms with Crippen molar-refractivity contribution in [2.75, 3.05) is 18.9 Å². The predicted molar refractivity (Wildman–Crippen MR) is 68.5 cm³/mol. The van der Waals surface area contributed by atoms with Gasteiger partial charge in [-0.1, -0.05) is 0 Å². The normalized spacial score (nSPS) is 14.1. The molecule has 0 bridgehead atoms. The fraction of sp³-hybridized carbons (Fsp3) is 0.333. The number of nitrogens with one attached hydrogen (secondary N) is 1. The lowest BCUT2D eigenvalue weighted by atomic mass is 10.2. The molecule has 1 aliphatic rings. The molecule has 98 valence electrons. The second-order valence-corrected chi connectivity index (χ2v) is 4.35. The highest BCUT2D eigenvalue weighted by Crippen LogP contribution is 2.14. The average Bonchev–Trinajstić information content (AvgIpc) is 2.94. The zero-order valence-electron chi connectivity index (χ0n) is 10.6. The Kier molecular flexibility index (Phi) is 2.86. The number of nitrogens with zero attached hydrogens (tertiary/aromatic N) is 5. The first-order chi connectivity index (χ1) is 9.28. The van der Waals surface area contributed by atoms with Crippen LogP contribution in [-0.4, -0.2) is 44.1 Å². The Morgan fingerprint density at radius 1 is 1.42 bits per heavy atom. The van der Waals surface area contributed by atoms with Gasteiger partial charge < -0.3 is 14.8 Å². The maximum absolute atomic E-state index is 12.4. The monoisotopic (exact) mass is 258 g/mol. The van der Waals surface area contributed by atoms with E-state index in [2.05, 4.69) is 20.5 Å². The third kappa shape index (κ3) is 2.14. The van der Waals surface area contributed by atoms with Gasteiger partial charge in [-0.25, -0.2) is 4.98 Å². The van der Waals surface area contributed by atoms with Gasteiger partial charge >= 0.3 is 0 Å². The molecule has 0 aromatic carbocycles. The van der Waals surface area contributed by atoms with Crippen LogP contribution in [0.2, 0.25) is 0 Å². The zero-order valence-corrected chi connectivity index (χ0v) is 10.6. The number of hydrogen-bond acceptors (Lipinski definition) is 5. The number of fused-ring (bicyclic) bond motifs is 1. The van der Waals surface area contributed by atoms with E-state index in [9.17, 15) is 4.79 Å². The molecule has 7 heteroatoms. The molecule has 0 aliphatic carbocycles. The van der Waals surface area contributed by atoms with Crippen LogP contribution in [0.4, 0.5) is 5.82 Å². The summed E-state index contributed by atoms with van der Waals surface area (Å²) in [5.41, 5.74) is 0.632. The van der Waals surface area contributed by atoms with Crippen molar-refractivity contribution in [3.8, 4) is 0 Å². The van der Waals surface area contributed by atoms with E-state index in [-0.39, 0.29) is 5.91 Å². The Labute approximate surface area is 110 Å². The van der Waals surface area contributed by atoms with Crippen molar-refractivity contribution >= 4 is 11.7 Å². The van der Waals surface area contributed by atoms with Gasteiger partial charge in [0, 0.05) is 31.9 Å². The summed E-state index contributed by atoms with van der Waals surface area (Å²) in [7, 11) is 1.78. The van der Waals surface area contributed by atoms with Crippen molar-refractivity contribution < 1.29 is 4.79 Å². The number of aromatic nitrogens is 4. The van der Waals surface area contributed by atoms with E-state index in [1.807, 2.05) is 4.57 Å². The molecule has 3 heterocycles. The minimum absolute atomic E-state index is 0.00634. The summed E-state index contributed by atoms with van der Waals surface area (Å²) in [6.07, 6.45) is 3.33. The minimum atomic E-state index is -0.00634. The van der Waals surface area contributed by atoms with Gasteiger partial charge in [0.15, 0.2) is 5.82 Å². The van der Waals surface area contributed by atoms with E-state index in [1.165, 1.54) is 0 Å². The minimum Gasteiger partial charge on any atom is -0.373 e. The Morgan fingerprint density at radius 2 is 2.32 bits per heavy atom. The molecule has 0 spiro atoms. The molecular weight excluding hydrogens is 244 g/mol. The van der Waals surface area contributed by atoms with Crippen molar-refractivity contribution in [2.45, 2.75) is 13.1 Å². The Bertz CT molecular complexity index is 608. The van der Waals surface area contributed by atoms with E-state index in [0.717, 1.165) is 12.4 Å². The lowest BCUT2D eigenvalue weighted by molar-refractivity contribution is 0.0707. The van der Waals surface area contributed by atoms with Gasteiger partial charge in [-0.05, 0) is 12.1 Å². The highest BCUT2D eigenvalue weighted by molar-refractivity contribution is 5.94. The summed E-state index contributed by atoms with van der Waals surface area (Å²) in [4.78, 5) is 18.3. The Hall–Kier alpha value is -2.44. The summed E-state index contributed by atoms with van der Waals surface area (Å²) in [5, 5.41) is 10.8. The molecule has 1 aliphatic heterocycles. The smallest absolute Gasteiger partial charge is 0.254 e. The number of carbonyl (C=O) groups is 1. The standard InChI is InChI=1S/C12H14N6O/c1-13-10-6-9(2-3-14-10)12(19)17-4-5-18-8-15-16-11(18)7-17/h2-3,6,8H,4-5,7H2,1H3,(H,13,14). The lowest BCUT2D eigenvalue weighted by Crippen LogP contribution is -2.38. The molecule has 0 radical (unpaired) electrons. The highest BCUT2D eigenvalue weighted by Gasteiger charge is 2.22. The summed E-state index contributed by atoms with van der Waals surface area (Å²) in [5.74, 6) is 1.50. The van der Waals surface area contributed by atoms with Gasteiger partial charge in [-0.2, -0.15) is 0 Å². The summed E-state index contributed by atoms with van der Waals surface area (Å²) >= 11 is 0. The first kappa shape index (κ1) is 11.6. The molecule has 0 saturated heterocycles. The third-order valence-electron chi connectivity index (χ3n) is 3.19. The fourth-order valence-electron chi connectivity index (χ4n) is 2.12. The first-order valence-corrected chi connectivity index (χ1v) is 6.07. The molecule has 1 N–H and O–H groups in total. The van der Waals surface area contributed by atoms with E-state index < -0.39 is 0 Å². The molecule has 0 saturated carbocycles. The van der Waals surface area contributed by atoms with Crippen LogP contribution in [0.5, 0.6) is 0 Å². The molecule has 3 rings (SSSR count). The number of pyridine rings is 1. The molecule has 1 amide bonds. The number of rotatable bonds is 2. The van der Waals surface area contributed by atoms with Crippen LogP contribution in [0.25, 0.3) is 0 Å². The molecule has 7 nitrogen and oxygen atoms in total. The van der Waals surface area contributed by atoms with Gasteiger partial charge in [0.25, 0.3) is 5.91 Å². The average molecular weight is 258 g/mol. The van der Waals surface area contributed by atoms with Gasteiger partial charge in [0.05, 0.1) is 6.54 Å². The predicted octanol–water partition coefficient (Wildman–Crippen LogP) is 0.371. The quantitative estimate of drug-likeness (QED) is 0.842. The molecule has 19 heavy (non-hydrogen) atoms. The fourth-order valence-corrected chi connectivity index (χ4v) is 2.12. The van der Waals surface area contributed by atoms with Gasteiger partial charge in [-0.15, -0.1) is 10.2 Å². The van der Waals surface area contributed by atoms with Crippen LogP contribution >= 0.6 is 0 Å². The maximum Gasteiger partial charge on any atom is 0.254 e. The first-order valence-electron chi connectivity index (χ1n) is 6.07. The Morgan fingerprint density at radius 3 is 3.16 bits per heavy atom. The van der Waals surface area contributed by atoms with Crippen LogP contribution < -0.4 is 5.32 Å². The number of carbonyl (C=O) groups excluding carboxylic acids is 1. The lowest BCUT2D eigenvalue weighted by Gasteiger charge is -2.27. The number of anilines is 1. The van der Waals surface area contributed by atoms with Crippen LogP contribution in [0.1, 0.15) is 16.2 Å². The zero-order chi connectivity index (χ0) is 13.2.